The molecule has 14 heteroatoms. The van der Waals surface area contributed by atoms with Crippen molar-refractivity contribution in [3.05, 3.63) is 53.1 Å². The SMILES string of the molecule is CC(C)OC(=O)[C@H](C)NP(=O)(OC[C@H]1O[C@H](n2ccc(N)nc2=O)C(F)C1(C)CO)Oc1ccccc1. The highest BCUT2D eigenvalue weighted by molar-refractivity contribution is 7.52. The number of alkyl halides is 1. The van der Waals surface area contributed by atoms with Crippen LogP contribution in [0.25, 0.3) is 0 Å². The molecule has 0 radical (unpaired) electrons. The zero-order chi connectivity index (χ0) is 27.4. The van der Waals surface area contributed by atoms with Gasteiger partial charge in [0, 0.05) is 6.20 Å². The molecule has 1 saturated heterocycles. The van der Waals surface area contributed by atoms with Crippen LogP contribution in [0.3, 0.4) is 0 Å². The van der Waals surface area contributed by atoms with Gasteiger partial charge in [-0.05, 0) is 39.0 Å². The minimum atomic E-state index is -4.27. The largest absolute Gasteiger partial charge is 0.462 e. The number of hydrogen-bond acceptors (Lipinski definition) is 10. The number of carbonyl (C=O) groups is 1. The maximum atomic E-state index is 15.5. The van der Waals surface area contributed by atoms with Crippen LogP contribution in [0, 0.1) is 5.41 Å². The maximum Gasteiger partial charge on any atom is 0.459 e. The molecule has 4 N–H and O–H groups in total. The van der Waals surface area contributed by atoms with Gasteiger partial charge in [-0.2, -0.15) is 10.1 Å². The Balaban J connectivity index is 1.83. The van der Waals surface area contributed by atoms with Gasteiger partial charge >= 0.3 is 19.4 Å². The van der Waals surface area contributed by atoms with Crippen LogP contribution in [0.15, 0.2) is 47.4 Å². The van der Waals surface area contributed by atoms with E-state index in [9.17, 15) is 19.3 Å². The number of rotatable bonds is 11. The number of aromatic nitrogens is 2. The lowest BCUT2D eigenvalue weighted by Gasteiger charge is -2.30. The molecule has 1 aromatic heterocycles. The van der Waals surface area contributed by atoms with Gasteiger partial charge in [0.1, 0.15) is 17.6 Å². The number of nitrogens with two attached hydrogens (primary N) is 1. The lowest BCUT2D eigenvalue weighted by molar-refractivity contribution is -0.149. The molecule has 0 bridgehead atoms. The van der Waals surface area contributed by atoms with Crippen molar-refractivity contribution in [2.75, 3.05) is 18.9 Å². The molecule has 1 aromatic carbocycles. The van der Waals surface area contributed by atoms with Crippen molar-refractivity contribution in [2.45, 2.75) is 58.3 Å². The van der Waals surface area contributed by atoms with Crippen molar-refractivity contribution in [2.24, 2.45) is 5.41 Å². The van der Waals surface area contributed by atoms with Crippen molar-refractivity contribution in [3.63, 3.8) is 0 Å². The number of aliphatic hydroxyl groups excluding tert-OH is 1. The van der Waals surface area contributed by atoms with Gasteiger partial charge in [0.15, 0.2) is 12.4 Å². The summed E-state index contributed by atoms with van der Waals surface area (Å²) in [5.74, 6) is -0.553. The second kappa shape index (κ2) is 11.7. The lowest BCUT2D eigenvalue weighted by atomic mass is 9.82. The Morgan fingerprint density at radius 1 is 1.32 bits per heavy atom. The molecule has 0 amide bonds. The molecule has 6 atom stereocenters. The highest BCUT2D eigenvalue weighted by Crippen LogP contribution is 2.49. The van der Waals surface area contributed by atoms with Crippen LogP contribution < -0.4 is 21.0 Å². The molecule has 37 heavy (non-hydrogen) atoms. The molecule has 204 valence electrons. The third-order valence-electron chi connectivity index (χ3n) is 5.81. The average Bonchev–Trinajstić information content (AvgIpc) is 3.08. The fourth-order valence-electron chi connectivity index (χ4n) is 3.64. The number of nitrogen functional groups attached to an aromatic ring is 1. The summed E-state index contributed by atoms with van der Waals surface area (Å²) in [6, 6.07) is 8.31. The molecular formula is C23H32FN4O8P. The number of nitrogens with zero attached hydrogens (tertiary/aromatic N) is 2. The Morgan fingerprint density at radius 2 is 2.00 bits per heavy atom. The number of para-hydroxylation sites is 1. The van der Waals surface area contributed by atoms with Crippen LogP contribution in [-0.2, 0) is 23.4 Å². The van der Waals surface area contributed by atoms with E-state index in [4.69, 9.17) is 24.3 Å². The third-order valence-corrected chi connectivity index (χ3v) is 7.45. The van der Waals surface area contributed by atoms with Crippen LogP contribution >= 0.6 is 7.75 Å². The molecule has 0 spiro atoms. The van der Waals surface area contributed by atoms with Crippen molar-refractivity contribution in [1.29, 1.82) is 0 Å². The standard InChI is InChI=1S/C23H32FN4O8P/c1-14(2)34-21(30)15(3)27-37(32,36-16-8-6-5-7-9-16)33-12-17-23(4,13-29)19(24)20(35-17)28-11-10-18(25)26-22(28)31/h5-11,14-15,17,19-20,29H,12-13H2,1-4H3,(H,27,32)(H2,25,26,31)/t15-,17+,19?,20-,23?,37?/m0/s1. The number of halogens is 1. The number of ether oxygens (including phenoxy) is 2. The maximum absolute atomic E-state index is 15.5. The van der Waals surface area contributed by atoms with E-state index in [0.717, 1.165) is 4.57 Å². The molecule has 0 aliphatic carbocycles. The monoisotopic (exact) mass is 542 g/mol. The number of nitrogens with one attached hydrogen (secondary N) is 1. The van der Waals surface area contributed by atoms with E-state index in [1.54, 1.807) is 32.0 Å². The van der Waals surface area contributed by atoms with E-state index >= 15 is 4.39 Å². The number of benzene rings is 1. The highest BCUT2D eigenvalue weighted by atomic mass is 31.2. The Bertz CT molecular complexity index is 1180. The van der Waals surface area contributed by atoms with E-state index in [1.807, 2.05) is 0 Å². The van der Waals surface area contributed by atoms with Crippen molar-refractivity contribution in [1.82, 2.24) is 14.6 Å². The molecule has 2 aromatic rings. The van der Waals surface area contributed by atoms with Crippen LogP contribution in [-0.4, -0.2) is 58.3 Å². The molecule has 1 aliphatic rings. The first-order valence-electron chi connectivity index (χ1n) is 11.6. The van der Waals surface area contributed by atoms with E-state index in [0.29, 0.717) is 0 Å². The first-order chi connectivity index (χ1) is 17.4. The second-order valence-electron chi connectivity index (χ2n) is 9.16. The van der Waals surface area contributed by atoms with Crippen molar-refractivity contribution >= 4 is 19.5 Å². The summed E-state index contributed by atoms with van der Waals surface area (Å²) in [5.41, 5.74) is 3.12. The van der Waals surface area contributed by atoms with Gasteiger partial charge in [-0.1, -0.05) is 25.1 Å². The fourth-order valence-corrected chi connectivity index (χ4v) is 5.13. The molecule has 3 rings (SSSR count). The molecule has 12 nitrogen and oxygen atoms in total. The molecule has 0 saturated carbocycles. The predicted molar refractivity (Wildman–Crippen MR) is 131 cm³/mol. The Hall–Kier alpha value is -2.83. The summed E-state index contributed by atoms with van der Waals surface area (Å²) < 4.78 is 52.2. The summed E-state index contributed by atoms with van der Waals surface area (Å²) in [5, 5.41) is 12.6. The smallest absolute Gasteiger partial charge is 0.459 e. The van der Waals surface area contributed by atoms with E-state index < -0.39 is 68.7 Å². The van der Waals surface area contributed by atoms with Crippen LogP contribution in [0.5, 0.6) is 5.75 Å². The molecule has 3 unspecified atom stereocenters. The first kappa shape index (κ1) is 28.7. The summed E-state index contributed by atoms with van der Waals surface area (Å²) in [7, 11) is -4.27. The summed E-state index contributed by atoms with van der Waals surface area (Å²) in [6.07, 6.45) is -3.66. The fraction of sp³-hybridized carbons (Fsp3) is 0.522. The number of hydrogen-bond donors (Lipinski definition) is 3. The lowest BCUT2D eigenvalue weighted by Crippen LogP contribution is -2.42. The summed E-state index contributed by atoms with van der Waals surface area (Å²) in [6.45, 7) is 4.96. The summed E-state index contributed by atoms with van der Waals surface area (Å²) in [4.78, 5) is 28.2. The number of aliphatic hydroxyl groups is 1. The number of anilines is 1. The Kier molecular flexibility index (Phi) is 9.09. The van der Waals surface area contributed by atoms with Crippen molar-refractivity contribution in [3.8, 4) is 5.75 Å². The van der Waals surface area contributed by atoms with E-state index in [1.165, 1.54) is 38.2 Å². The van der Waals surface area contributed by atoms with Gasteiger partial charge in [-0.15, -0.1) is 0 Å². The molecule has 2 heterocycles. The Labute approximate surface area is 213 Å². The van der Waals surface area contributed by atoms with Gasteiger partial charge in [0.25, 0.3) is 0 Å². The second-order valence-corrected chi connectivity index (χ2v) is 10.9. The molecule has 1 aliphatic heterocycles. The van der Waals surface area contributed by atoms with Gasteiger partial charge in [-0.25, -0.2) is 13.8 Å². The van der Waals surface area contributed by atoms with Gasteiger partial charge < -0.3 is 24.8 Å². The Morgan fingerprint density at radius 3 is 2.59 bits per heavy atom. The van der Waals surface area contributed by atoms with E-state index in [2.05, 4.69) is 10.1 Å². The van der Waals surface area contributed by atoms with Crippen molar-refractivity contribution < 1.29 is 37.4 Å². The quantitative estimate of drug-likeness (QED) is 0.282. The minimum absolute atomic E-state index is 0.0466. The minimum Gasteiger partial charge on any atom is -0.462 e. The van der Waals surface area contributed by atoms with Crippen LogP contribution in [0.1, 0.15) is 33.9 Å². The number of carbonyl (C=O) groups excluding carboxylic acids is 1. The van der Waals surface area contributed by atoms with Crippen LogP contribution in [0.2, 0.25) is 0 Å². The molecule has 1 fully saturated rings. The van der Waals surface area contributed by atoms with E-state index in [-0.39, 0.29) is 11.6 Å². The third kappa shape index (κ3) is 6.74. The zero-order valence-corrected chi connectivity index (χ0v) is 21.8. The van der Waals surface area contributed by atoms with Gasteiger partial charge in [-0.3, -0.25) is 13.9 Å². The van der Waals surface area contributed by atoms with Crippen LogP contribution in [0.4, 0.5) is 10.2 Å². The van der Waals surface area contributed by atoms with Gasteiger partial charge in [0.05, 0.1) is 30.8 Å². The molecular weight excluding hydrogens is 510 g/mol. The van der Waals surface area contributed by atoms with Gasteiger partial charge in [0.2, 0.25) is 0 Å². The topological polar surface area (TPSA) is 164 Å². The normalized spacial score (nSPS) is 26.0. The first-order valence-corrected chi connectivity index (χ1v) is 13.2. The zero-order valence-electron chi connectivity index (χ0n) is 20.9. The average molecular weight is 543 g/mol. The summed E-state index contributed by atoms with van der Waals surface area (Å²) >= 11 is 0. The highest BCUT2D eigenvalue weighted by Gasteiger charge is 2.55. The number of esters is 1. The predicted octanol–water partition coefficient (Wildman–Crippen LogP) is 2.19.